The summed E-state index contributed by atoms with van der Waals surface area (Å²) in [5.41, 5.74) is 1.16. The molecule has 0 atom stereocenters. The first-order chi connectivity index (χ1) is 14.0. The number of aliphatic carboxylic acids is 1. The summed E-state index contributed by atoms with van der Waals surface area (Å²) < 4.78 is 0. The molecule has 1 N–H and O–H groups in total. The van der Waals surface area contributed by atoms with E-state index in [0.29, 0.717) is 12.5 Å². The minimum atomic E-state index is -0.728. The van der Waals surface area contributed by atoms with Gasteiger partial charge in [0.2, 0.25) is 0 Å². The van der Waals surface area contributed by atoms with Crippen LogP contribution in [0.1, 0.15) is 91.4 Å². The normalized spacial score (nSPS) is 11.0. The second kappa shape index (κ2) is 15.7. The summed E-state index contributed by atoms with van der Waals surface area (Å²) >= 11 is 7.57. The van der Waals surface area contributed by atoms with Gasteiger partial charge < -0.3 is 10.0 Å². The number of carbonyl (C=O) groups is 1. The first-order valence-electron chi connectivity index (χ1n) is 11.2. The predicted octanol–water partition coefficient (Wildman–Crippen LogP) is 7.72. The number of benzene rings is 1. The van der Waals surface area contributed by atoms with Crippen LogP contribution in [0.25, 0.3) is 0 Å². The zero-order valence-corrected chi connectivity index (χ0v) is 20.1. The second-order valence-electron chi connectivity index (χ2n) is 7.90. The second-order valence-corrected chi connectivity index (χ2v) is 9.50. The van der Waals surface area contributed by atoms with Crippen LogP contribution in [-0.2, 0) is 4.79 Å². The lowest BCUT2D eigenvalue weighted by Gasteiger charge is -2.31. The highest BCUT2D eigenvalue weighted by atomic mass is 32.2. The van der Waals surface area contributed by atoms with Gasteiger partial charge >= 0.3 is 5.97 Å². The van der Waals surface area contributed by atoms with Crippen molar-refractivity contribution in [2.24, 2.45) is 0 Å². The topological polar surface area (TPSA) is 40.5 Å². The van der Waals surface area contributed by atoms with Gasteiger partial charge in [-0.15, -0.1) is 11.8 Å². The van der Waals surface area contributed by atoms with Gasteiger partial charge in [-0.1, -0.05) is 76.2 Å². The molecule has 0 aliphatic heterocycles. The van der Waals surface area contributed by atoms with Crippen LogP contribution in [0.3, 0.4) is 0 Å². The van der Waals surface area contributed by atoms with Gasteiger partial charge in [0.1, 0.15) is 0 Å². The summed E-state index contributed by atoms with van der Waals surface area (Å²) in [7, 11) is 0. The summed E-state index contributed by atoms with van der Waals surface area (Å²) in [6.45, 7) is 6.63. The van der Waals surface area contributed by atoms with Crippen molar-refractivity contribution in [1.82, 2.24) is 0 Å². The van der Waals surface area contributed by atoms with Crippen molar-refractivity contribution in [2.45, 2.75) is 102 Å². The van der Waals surface area contributed by atoms with Gasteiger partial charge in [0.25, 0.3) is 0 Å². The van der Waals surface area contributed by atoms with Gasteiger partial charge in [-0.2, -0.15) is 0 Å². The number of hydrogen-bond donors (Lipinski definition) is 1. The fourth-order valence-corrected chi connectivity index (χ4v) is 4.87. The maximum atomic E-state index is 10.7. The fourth-order valence-electron chi connectivity index (χ4n) is 3.41. The molecule has 3 nitrogen and oxygen atoms in total. The largest absolute Gasteiger partial charge is 0.481 e. The fraction of sp³-hybridized carbons (Fsp3) is 0.667. The third-order valence-electron chi connectivity index (χ3n) is 4.95. The van der Waals surface area contributed by atoms with Crippen LogP contribution >= 0.6 is 24.0 Å². The molecule has 1 rings (SSSR count). The average molecular weight is 438 g/mol. The Kier molecular flexibility index (Phi) is 14.1. The van der Waals surface area contributed by atoms with Crippen molar-refractivity contribution in [3.05, 3.63) is 24.3 Å². The summed E-state index contributed by atoms with van der Waals surface area (Å²) in [6.07, 6.45) is 12.3. The third kappa shape index (κ3) is 11.0. The van der Waals surface area contributed by atoms with Gasteiger partial charge in [-0.25, -0.2) is 0 Å². The molecule has 0 fully saturated rings. The Morgan fingerprint density at radius 3 is 2.24 bits per heavy atom. The molecular weight excluding hydrogens is 398 g/mol. The van der Waals surface area contributed by atoms with E-state index in [1.54, 1.807) is 11.8 Å². The number of carboxylic acid groups (broad SMARTS) is 1. The summed E-state index contributed by atoms with van der Waals surface area (Å²) in [5.74, 6) is 0.0780. The van der Waals surface area contributed by atoms with E-state index in [1.165, 1.54) is 49.8 Å². The molecule has 0 unspecified atom stereocenters. The summed E-state index contributed by atoms with van der Waals surface area (Å²) in [5, 5.41) is 8.84. The molecule has 0 spiro atoms. The van der Waals surface area contributed by atoms with Crippen molar-refractivity contribution in [2.75, 3.05) is 10.7 Å². The van der Waals surface area contributed by atoms with E-state index in [1.807, 2.05) is 6.07 Å². The molecular formula is C24H39NO2S2. The number of anilines is 1. The summed E-state index contributed by atoms with van der Waals surface area (Å²) in [6, 6.07) is 8.67. The third-order valence-corrected chi connectivity index (χ3v) is 6.50. The van der Waals surface area contributed by atoms with Gasteiger partial charge in [-0.05, 0) is 51.0 Å². The molecule has 0 saturated heterocycles. The first-order valence-corrected chi connectivity index (χ1v) is 12.6. The highest BCUT2D eigenvalue weighted by molar-refractivity contribution is 7.99. The number of carboxylic acids is 1. The monoisotopic (exact) mass is 437 g/mol. The van der Waals surface area contributed by atoms with E-state index >= 15 is 0 Å². The number of unbranched alkanes of at least 4 members (excludes halogenated alkanes) is 7. The molecule has 0 aromatic heterocycles. The van der Waals surface area contributed by atoms with Crippen molar-refractivity contribution in [1.29, 1.82) is 0 Å². The molecule has 0 aliphatic rings. The number of para-hydroxylation sites is 1. The zero-order valence-electron chi connectivity index (χ0n) is 18.5. The van der Waals surface area contributed by atoms with Gasteiger partial charge in [0, 0.05) is 17.4 Å². The van der Waals surface area contributed by atoms with Crippen LogP contribution in [0.15, 0.2) is 29.2 Å². The quantitative estimate of drug-likeness (QED) is 0.163. The maximum absolute atomic E-state index is 10.7. The molecule has 1 aromatic rings. The Labute approximate surface area is 187 Å². The smallest absolute Gasteiger partial charge is 0.303 e. The molecule has 0 saturated carbocycles. The van der Waals surface area contributed by atoms with Gasteiger partial charge in [0.05, 0.1) is 10.7 Å². The van der Waals surface area contributed by atoms with Crippen LogP contribution < -0.4 is 4.90 Å². The van der Waals surface area contributed by atoms with Crippen LogP contribution in [-0.4, -0.2) is 27.9 Å². The average Bonchev–Trinajstić information content (AvgIpc) is 2.68. The number of thiocarbonyl (C=S) groups is 1. The lowest BCUT2D eigenvalue weighted by Crippen LogP contribution is -2.36. The zero-order chi connectivity index (χ0) is 21.5. The van der Waals surface area contributed by atoms with Crippen LogP contribution in [0.2, 0.25) is 0 Å². The van der Waals surface area contributed by atoms with E-state index in [9.17, 15) is 4.79 Å². The number of nitrogens with zero attached hydrogens (tertiary/aromatic N) is 1. The number of thioether (sulfide) groups is 1. The Hall–Kier alpha value is -1.07. The highest BCUT2D eigenvalue weighted by Crippen LogP contribution is 2.33. The molecule has 0 aliphatic carbocycles. The van der Waals surface area contributed by atoms with E-state index in [-0.39, 0.29) is 6.42 Å². The van der Waals surface area contributed by atoms with Crippen molar-refractivity contribution in [3.8, 4) is 0 Å². The minimum absolute atomic E-state index is 0.222. The summed E-state index contributed by atoms with van der Waals surface area (Å²) in [4.78, 5) is 15.2. The first kappa shape index (κ1) is 26.0. The number of hydrogen-bond acceptors (Lipinski definition) is 3. The van der Waals surface area contributed by atoms with E-state index in [4.69, 9.17) is 17.3 Å². The van der Waals surface area contributed by atoms with Crippen molar-refractivity contribution >= 4 is 40.6 Å². The molecule has 0 bridgehead atoms. The van der Waals surface area contributed by atoms with E-state index in [2.05, 4.69) is 43.9 Å². The van der Waals surface area contributed by atoms with Crippen LogP contribution in [0.5, 0.6) is 0 Å². The Morgan fingerprint density at radius 2 is 1.62 bits per heavy atom. The Balaban J connectivity index is 2.56. The van der Waals surface area contributed by atoms with E-state index in [0.717, 1.165) is 29.3 Å². The molecule has 0 amide bonds. The Morgan fingerprint density at radius 1 is 1.00 bits per heavy atom. The standard InChI is InChI=1S/C24H39NO2S2/c1-4-5-6-7-8-9-10-11-17-23(28)25(20(2)3)21-15-12-13-16-22(21)29-19-14-18-24(26)27/h12-13,15-16,20H,4-11,14,17-19H2,1-3H3,(H,26,27). The molecule has 0 heterocycles. The molecule has 164 valence electrons. The predicted molar refractivity (Wildman–Crippen MR) is 131 cm³/mol. The van der Waals surface area contributed by atoms with Crippen molar-refractivity contribution < 1.29 is 9.90 Å². The van der Waals surface area contributed by atoms with Gasteiger partial charge in [-0.3, -0.25) is 4.79 Å². The lowest BCUT2D eigenvalue weighted by molar-refractivity contribution is -0.137. The maximum Gasteiger partial charge on any atom is 0.303 e. The lowest BCUT2D eigenvalue weighted by atomic mass is 10.1. The number of rotatable bonds is 16. The Bertz CT molecular complexity index is 604. The minimum Gasteiger partial charge on any atom is -0.481 e. The molecule has 5 heteroatoms. The highest BCUT2D eigenvalue weighted by Gasteiger charge is 2.18. The van der Waals surface area contributed by atoms with Gasteiger partial charge in [0.15, 0.2) is 0 Å². The molecule has 29 heavy (non-hydrogen) atoms. The molecule has 0 radical (unpaired) electrons. The van der Waals surface area contributed by atoms with Crippen LogP contribution in [0, 0.1) is 0 Å². The van der Waals surface area contributed by atoms with Crippen LogP contribution in [0.4, 0.5) is 5.69 Å². The van der Waals surface area contributed by atoms with Crippen molar-refractivity contribution in [3.63, 3.8) is 0 Å². The molecule has 1 aromatic carbocycles. The van der Waals surface area contributed by atoms with E-state index < -0.39 is 5.97 Å². The SMILES string of the molecule is CCCCCCCCCCC(=S)N(c1ccccc1SCCCC(=O)O)C(C)C.